The fraction of sp³-hybridized carbons (Fsp3) is 0.207. The summed E-state index contributed by atoms with van der Waals surface area (Å²) in [7, 11) is 1.66. The fourth-order valence-electron chi connectivity index (χ4n) is 4.57. The highest BCUT2D eigenvalue weighted by Gasteiger charge is 2.35. The van der Waals surface area contributed by atoms with Crippen molar-refractivity contribution in [2.75, 3.05) is 7.11 Å². The highest BCUT2D eigenvalue weighted by atomic mass is 16.5. The summed E-state index contributed by atoms with van der Waals surface area (Å²) in [6.07, 6.45) is 1.41. The standard InChI is InChI=1S/C29H27NO3/c1-29(2)18-27-25(28(31)19-29)17-26(20-9-13-22(32-3)14-10-20)30(27)21-11-15-24(16-12-21)33-23-7-5-4-6-8-23/h4-17H,18-19H2,1-3H3. The van der Waals surface area contributed by atoms with E-state index >= 15 is 0 Å². The van der Waals surface area contributed by atoms with Crippen LogP contribution in [-0.4, -0.2) is 17.5 Å². The lowest BCUT2D eigenvalue weighted by molar-refractivity contribution is 0.0911. The summed E-state index contributed by atoms with van der Waals surface area (Å²) in [6, 6.07) is 27.8. The van der Waals surface area contributed by atoms with Crippen LogP contribution in [0.25, 0.3) is 16.9 Å². The van der Waals surface area contributed by atoms with Crippen molar-refractivity contribution >= 4 is 5.78 Å². The van der Waals surface area contributed by atoms with Gasteiger partial charge in [0.2, 0.25) is 0 Å². The first-order valence-corrected chi connectivity index (χ1v) is 11.2. The molecule has 3 aromatic carbocycles. The Morgan fingerprint density at radius 1 is 0.788 bits per heavy atom. The third-order valence-electron chi connectivity index (χ3n) is 6.15. The van der Waals surface area contributed by atoms with Crippen LogP contribution in [0.2, 0.25) is 0 Å². The maximum Gasteiger partial charge on any atom is 0.165 e. The van der Waals surface area contributed by atoms with E-state index in [9.17, 15) is 4.79 Å². The van der Waals surface area contributed by atoms with E-state index in [4.69, 9.17) is 9.47 Å². The molecule has 1 aromatic heterocycles. The van der Waals surface area contributed by atoms with Crippen molar-refractivity contribution in [1.82, 2.24) is 4.57 Å². The molecule has 0 bridgehead atoms. The quantitative estimate of drug-likeness (QED) is 0.334. The summed E-state index contributed by atoms with van der Waals surface area (Å²) in [6.45, 7) is 4.32. The number of carbonyl (C=O) groups excluding carboxylic acids is 1. The molecule has 0 radical (unpaired) electrons. The number of methoxy groups -OCH3 is 1. The number of nitrogens with zero attached hydrogens (tertiary/aromatic N) is 1. The molecule has 0 saturated carbocycles. The smallest absolute Gasteiger partial charge is 0.165 e. The molecule has 1 aliphatic carbocycles. The van der Waals surface area contributed by atoms with Gasteiger partial charge < -0.3 is 14.0 Å². The molecular formula is C29H27NO3. The van der Waals surface area contributed by atoms with Crippen LogP contribution in [0.4, 0.5) is 0 Å². The van der Waals surface area contributed by atoms with Gasteiger partial charge >= 0.3 is 0 Å². The second-order valence-electron chi connectivity index (χ2n) is 9.30. The first-order valence-electron chi connectivity index (χ1n) is 11.2. The highest BCUT2D eigenvalue weighted by Crippen LogP contribution is 2.40. The minimum Gasteiger partial charge on any atom is -0.497 e. The van der Waals surface area contributed by atoms with Crippen LogP contribution in [0.1, 0.15) is 36.3 Å². The third-order valence-corrected chi connectivity index (χ3v) is 6.15. The number of fused-ring (bicyclic) bond motifs is 1. The number of ether oxygens (including phenoxy) is 2. The van der Waals surface area contributed by atoms with Crippen molar-refractivity contribution in [2.24, 2.45) is 5.41 Å². The van der Waals surface area contributed by atoms with Crippen LogP contribution < -0.4 is 9.47 Å². The molecule has 4 nitrogen and oxygen atoms in total. The zero-order valence-corrected chi connectivity index (χ0v) is 19.2. The Labute approximate surface area is 194 Å². The van der Waals surface area contributed by atoms with Gasteiger partial charge in [0.1, 0.15) is 17.2 Å². The largest absolute Gasteiger partial charge is 0.497 e. The Morgan fingerprint density at radius 3 is 2.09 bits per heavy atom. The van der Waals surface area contributed by atoms with Gasteiger partial charge in [-0.1, -0.05) is 32.0 Å². The van der Waals surface area contributed by atoms with Gasteiger partial charge in [-0.15, -0.1) is 0 Å². The molecule has 4 aromatic rings. The minimum absolute atomic E-state index is 0.0757. The predicted molar refractivity (Wildman–Crippen MR) is 131 cm³/mol. The Balaban J connectivity index is 1.60. The van der Waals surface area contributed by atoms with Crippen molar-refractivity contribution in [3.63, 3.8) is 0 Å². The topological polar surface area (TPSA) is 40.5 Å². The molecule has 4 heteroatoms. The normalized spacial score (nSPS) is 14.6. The first-order chi connectivity index (χ1) is 15.9. The summed E-state index contributed by atoms with van der Waals surface area (Å²) in [5.41, 5.74) is 4.87. The Bertz CT molecular complexity index is 1280. The lowest BCUT2D eigenvalue weighted by atomic mass is 9.76. The zero-order chi connectivity index (χ0) is 23.0. The van der Waals surface area contributed by atoms with Gasteiger partial charge in [0.25, 0.3) is 0 Å². The van der Waals surface area contributed by atoms with Gasteiger partial charge in [0.15, 0.2) is 5.78 Å². The Kier molecular flexibility index (Phi) is 5.29. The fourth-order valence-corrected chi connectivity index (χ4v) is 4.57. The number of ketones is 1. The molecule has 1 heterocycles. The minimum atomic E-state index is -0.0757. The van der Waals surface area contributed by atoms with E-state index in [1.807, 2.05) is 72.8 Å². The van der Waals surface area contributed by atoms with Gasteiger partial charge in [-0.3, -0.25) is 4.79 Å². The van der Waals surface area contributed by atoms with Gasteiger partial charge in [-0.05, 0) is 84.1 Å². The second kappa shape index (κ2) is 8.28. The number of para-hydroxylation sites is 1. The number of benzene rings is 3. The number of Topliss-reactive ketones (excluding diaryl/α,β-unsaturated/α-hetero) is 1. The number of aromatic nitrogens is 1. The van der Waals surface area contributed by atoms with E-state index < -0.39 is 0 Å². The summed E-state index contributed by atoms with van der Waals surface area (Å²) >= 11 is 0. The molecular weight excluding hydrogens is 410 g/mol. The number of hydrogen-bond donors (Lipinski definition) is 0. The molecule has 0 spiro atoms. The third kappa shape index (κ3) is 4.17. The summed E-state index contributed by atoms with van der Waals surface area (Å²) in [5.74, 6) is 2.59. The van der Waals surface area contributed by atoms with Crippen LogP contribution >= 0.6 is 0 Å². The van der Waals surface area contributed by atoms with Crippen LogP contribution in [-0.2, 0) is 6.42 Å². The number of carbonyl (C=O) groups is 1. The van der Waals surface area contributed by atoms with Crippen molar-refractivity contribution < 1.29 is 14.3 Å². The van der Waals surface area contributed by atoms with E-state index in [1.54, 1.807) is 7.11 Å². The highest BCUT2D eigenvalue weighted by molar-refractivity contribution is 6.00. The van der Waals surface area contributed by atoms with Crippen LogP contribution in [0.15, 0.2) is 84.9 Å². The lowest BCUT2D eigenvalue weighted by Crippen LogP contribution is -2.27. The van der Waals surface area contributed by atoms with Gasteiger partial charge in [0.05, 0.1) is 12.8 Å². The molecule has 0 fully saturated rings. The average molecular weight is 438 g/mol. The maximum atomic E-state index is 13.0. The van der Waals surface area contributed by atoms with Gasteiger partial charge in [-0.25, -0.2) is 0 Å². The number of rotatable bonds is 5. The first kappa shape index (κ1) is 21.1. The summed E-state index contributed by atoms with van der Waals surface area (Å²) in [5, 5.41) is 0. The van der Waals surface area contributed by atoms with Gasteiger partial charge in [-0.2, -0.15) is 0 Å². The summed E-state index contributed by atoms with van der Waals surface area (Å²) in [4.78, 5) is 13.0. The average Bonchev–Trinajstić information content (AvgIpc) is 3.19. The van der Waals surface area contributed by atoms with E-state index in [0.29, 0.717) is 6.42 Å². The molecule has 0 aliphatic heterocycles. The number of hydrogen-bond acceptors (Lipinski definition) is 3. The zero-order valence-electron chi connectivity index (χ0n) is 19.2. The van der Waals surface area contributed by atoms with E-state index in [-0.39, 0.29) is 11.2 Å². The van der Waals surface area contributed by atoms with Crippen LogP contribution in [0.3, 0.4) is 0 Å². The molecule has 0 unspecified atom stereocenters. The van der Waals surface area contributed by atoms with Crippen molar-refractivity contribution in [3.8, 4) is 34.2 Å². The molecule has 1 aliphatic rings. The lowest BCUT2D eigenvalue weighted by Gasteiger charge is -2.30. The van der Waals surface area contributed by atoms with E-state index in [1.165, 1.54) is 0 Å². The molecule has 0 atom stereocenters. The van der Waals surface area contributed by atoms with Crippen LogP contribution in [0, 0.1) is 5.41 Å². The summed E-state index contributed by atoms with van der Waals surface area (Å²) < 4.78 is 13.5. The molecule has 0 saturated heterocycles. The Hall–Kier alpha value is -3.79. The monoisotopic (exact) mass is 437 g/mol. The van der Waals surface area contributed by atoms with E-state index in [2.05, 4.69) is 30.5 Å². The Morgan fingerprint density at radius 2 is 1.42 bits per heavy atom. The van der Waals surface area contributed by atoms with E-state index in [0.717, 1.165) is 51.9 Å². The molecule has 5 rings (SSSR count). The van der Waals surface area contributed by atoms with Crippen molar-refractivity contribution in [2.45, 2.75) is 26.7 Å². The van der Waals surface area contributed by atoms with Gasteiger partial charge in [0, 0.05) is 23.4 Å². The maximum absolute atomic E-state index is 13.0. The molecule has 33 heavy (non-hydrogen) atoms. The molecule has 0 N–H and O–H groups in total. The SMILES string of the molecule is COc1ccc(-c2cc3c(n2-c2ccc(Oc4ccccc4)cc2)CC(C)(C)CC3=O)cc1. The molecule has 0 amide bonds. The van der Waals surface area contributed by atoms with Crippen molar-refractivity contribution in [3.05, 3.63) is 96.2 Å². The van der Waals surface area contributed by atoms with Crippen LogP contribution in [0.5, 0.6) is 17.2 Å². The second-order valence-corrected chi connectivity index (χ2v) is 9.30. The predicted octanol–water partition coefficient (Wildman–Crippen LogP) is 7.10. The van der Waals surface area contributed by atoms with Crippen molar-refractivity contribution in [1.29, 1.82) is 0 Å². The molecule has 166 valence electrons.